The number of anilines is 2. The molecule has 1 saturated heterocycles. The summed E-state index contributed by atoms with van der Waals surface area (Å²) < 4.78 is 33.5. The van der Waals surface area contributed by atoms with Crippen molar-refractivity contribution in [2.24, 2.45) is 0 Å². The van der Waals surface area contributed by atoms with Crippen molar-refractivity contribution in [3.63, 3.8) is 0 Å². The number of fused-ring (bicyclic) bond motifs is 1. The molecule has 1 atom stereocenters. The van der Waals surface area contributed by atoms with Gasteiger partial charge in [-0.25, -0.2) is 8.42 Å². The van der Waals surface area contributed by atoms with Crippen LogP contribution in [0.2, 0.25) is 0 Å². The van der Waals surface area contributed by atoms with E-state index in [2.05, 4.69) is 10.6 Å². The molecular weight excluding hydrogens is 406 g/mol. The topological polar surface area (TPSA) is 105 Å². The van der Waals surface area contributed by atoms with Crippen LogP contribution in [0.1, 0.15) is 24.0 Å². The van der Waals surface area contributed by atoms with E-state index in [1.807, 2.05) is 25.1 Å². The van der Waals surface area contributed by atoms with Crippen LogP contribution in [0.5, 0.6) is 5.75 Å². The number of carbonyl (C=O) groups is 2. The summed E-state index contributed by atoms with van der Waals surface area (Å²) in [6.45, 7) is 3.64. The zero-order chi connectivity index (χ0) is 21.5. The summed E-state index contributed by atoms with van der Waals surface area (Å²) in [5.41, 5.74) is 2.49. The molecule has 1 fully saturated rings. The highest BCUT2D eigenvalue weighted by Gasteiger charge is 2.40. The average Bonchev–Trinajstić information content (AvgIpc) is 3.20. The van der Waals surface area contributed by atoms with Crippen LogP contribution in [-0.4, -0.2) is 43.7 Å². The highest BCUT2D eigenvalue weighted by molar-refractivity contribution is 7.89. The van der Waals surface area contributed by atoms with Gasteiger partial charge in [-0.05, 0) is 49.9 Å². The number of amides is 2. The second-order valence-electron chi connectivity index (χ2n) is 7.53. The van der Waals surface area contributed by atoms with E-state index in [9.17, 15) is 18.0 Å². The Bertz CT molecular complexity index is 1130. The summed E-state index contributed by atoms with van der Waals surface area (Å²) in [5, 5.41) is 5.53. The van der Waals surface area contributed by atoms with Gasteiger partial charge in [0.25, 0.3) is 5.91 Å². The van der Waals surface area contributed by atoms with E-state index in [-0.39, 0.29) is 29.9 Å². The van der Waals surface area contributed by atoms with Crippen molar-refractivity contribution < 1.29 is 22.7 Å². The second-order valence-corrected chi connectivity index (χ2v) is 9.39. The maximum atomic E-state index is 13.4. The number of benzene rings is 2. The van der Waals surface area contributed by atoms with Gasteiger partial charge in [-0.3, -0.25) is 9.59 Å². The summed E-state index contributed by atoms with van der Waals surface area (Å²) in [7, 11) is -3.93. The van der Waals surface area contributed by atoms with Gasteiger partial charge in [0.1, 0.15) is 11.8 Å². The molecule has 2 aliphatic heterocycles. The first-order valence-corrected chi connectivity index (χ1v) is 11.2. The van der Waals surface area contributed by atoms with Crippen molar-refractivity contribution in [3.05, 3.63) is 47.5 Å². The van der Waals surface area contributed by atoms with Crippen LogP contribution in [0.3, 0.4) is 0 Å². The molecule has 2 amide bonds. The molecular formula is C21H23N3O5S. The van der Waals surface area contributed by atoms with E-state index in [0.717, 1.165) is 5.56 Å². The van der Waals surface area contributed by atoms with E-state index in [1.54, 1.807) is 19.1 Å². The maximum Gasteiger partial charge on any atom is 0.262 e. The molecule has 4 rings (SSSR count). The number of hydrogen-bond donors (Lipinski definition) is 2. The summed E-state index contributed by atoms with van der Waals surface area (Å²) in [4.78, 5) is 24.5. The Hall–Kier alpha value is -2.91. The smallest absolute Gasteiger partial charge is 0.262 e. The lowest BCUT2D eigenvalue weighted by Crippen LogP contribution is -2.43. The number of carbonyl (C=O) groups excluding carboxylic acids is 2. The summed E-state index contributed by atoms with van der Waals surface area (Å²) >= 11 is 0. The molecule has 8 nitrogen and oxygen atoms in total. The number of nitrogens with one attached hydrogen (secondary N) is 2. The van der Waals surface area contributed by atoms with Crippen molar-refractivity contribution in [2.45, 2.75) is 37.6 Å². The van der Waals surface area contributed by atoms with E-state index in [1.165, 1.54) is 10.4 Å². The Kier molecular flexibility index (Phi) is 5.25. The minimum Gasteiger partial charge on any atom is -0.482 e. The van der Waals surface area contributed by atoms with Crippen molar-refractivity contribution in [3.8, 4) is 5.75 Å². The van der Waals surface area contributed by atoms with Gasteiger partial charge in [0.15, 0.2) is 6.61 Å². The van der Waals surface area contributed by atoms with Crippen LogP contribution >= 0.6 is 0 Å². The number of ether oxygens (including phenoxy) is 1. The molecule has 0 saturated carbocycles. The predicted octanol–water partition coefficient (Wildman–Crippen LogP) is 2.43. The van der Waals surface area contributed by atoms with Gasteiger partial charge < -0.3 is 15.4 Å². The first-order valence-electron chi connectivity index (χ1n) is 9.73. The van der Waals surface area contributed by atoms with Gasteiger partial charge in [0, 0.05) is 18.3 Å². The molecule has 2 aromatic carbocycles. The third-order valence-corrected chi connectivity index (χ3v) is 7.46. The number of hydrogen-bond acceptors (Lipinski definition) is 5. The fourth-order valence-electron chi connectivity index (χ4n) is 3.84. The third kappa shape index (κ3) is 3.66. The Labute approximate surface area is 175 Å². The van der Waals surface area contributed by atoms with Crippen molar-refractivity contribution in [2.75, 3.05) is 23.8 Å². The molecule has 0 radical (unpaired) electrons. The lowest BCUT2D eigenvalue weighted by molar-refractivity contribution is -0.119. The SMILES string of the molecule is Cc1ccccc1NC(=O)[C@H]1CCCN1S(=O)(=O)c1cc2c(cc1C)NC(=O)CO2. The Morgan fingerprint density at radius 3 is 2.73 bits per heavy atom. The predicted molar refractivity (Wildman–Crippen MR) is 112 cm³/mol. The van der Waals surface area contributed by atoms with Gasteiger partial charge in [-0.2, -0.15) is 4.31 Å². The summed E-state index contributed by atoms with van der Waals surface area (Å²) in [6, 6.07) is 9.59. The Morgan fingerprint density at radius 1 is 1.20 bits per heavy atom. The summed E-state index contributed by atoms with van der Waals surface area (Å²) in [5.74, 6) is -0.326. The van der Waals surface area contributed by atoms with Crippen molar-refractivity contribution in [1.29, 1.82) is 0 Å². The number of sulfonamides is 1. The number of rotatable bonds is 4. The number of nitrogens with zero attached hydrogens (tertiary/aromatic N) is 1. The van der Waals surface area contributed by atoms with Gasteiger partial charge in [-0.15, -0.1) is 0 Å². The number of aryl methyl sites for hydroxylation is 2. The zero-order valence-electron chi connectivity index (χ0n) is 16.8. The molecule has 0 bridgehead atoms. The molecule has 30 heavy (non-hydrogen) atoms. The molecule has 2 aromatic rings. The van der Waals surface area contributed by atoms with Crippen LogP contribution < -0.4 is 15.4 Å². The molecule has 2 aliphatic rings. The lowest BCUT2D eigenvalue weighted by Gasteiger charge is -2.26. The average molecular weight is 429 g/mol. The van der Waals surface area contributed by atoms with Crippen LogP contribution in [-0.2, 0) is 19.6 Å². The fraction of sp³-hybridized carbons (Fsp3) is 0.333. The quantitative estimate of drug-likeness (QED) is 0.777. The third-order valence-electron chi connectivity index (χ3n) is 5.41. The molecule has 9 heteroatoms. The van der Waals surface area contributed by atoms with Crippen LogP contribution in [0, 0.1) is 13.8 Å². The van der Waals surface area contributed by atoms with Crippen LogP contribution in [0.4, 0.5) is 11.4 Å². The van der Waals surface area contributed by atoms with Gasteiger partial charge in [0.2, 0.25) is 15.9 Å². The molecule has 2 N–H and O–H groups in total. The highest BCUT2D eigenvalue weighted by Crippen LogP contribution is 2.36. The van der Waals surface area contributed by atoms with Gasteiger partial charge in [-0.1, -0.05) is 18.2 Å². The molecule has 0 unspecified atom stereocenters. The minimum atomic E-state index is -3.93. The molecule has 0 spiro atoms. The monoisotopic (exact) mass is 429 g/mol. The second kappa shape index (κ2) is 7.73. The first kappa shape index (κ1) is 20.4. The van der Waals surface area contributed by atoms with Crippen molar-refractivity contribution in [1.82, 2.24) is 4.31 Å². The lowest BCUT2D eigenvalue weighted by atomic mass is 10.1. The fourth-order valence-corrected chi connectivity index (χ4v) is 5.72. The summed E-state index contributed by atoms with van der Waals surface area (Å²) in [6.07, 6.45) is 1.05. The van der Waals surface area contributed by atoms with Gasteiger partial charge >= 0.3 is 0 Å². The molecule has 0 aromatic heterocycles. The normalized spacial score (nSPS) is 19.0. The van der Waals surface area contributed by atoms with Crippen LogP contribution in [0.15, 0.2) is 41.3 Å². The van der Waals surface area contributed by atoms with Crippen LogP contribution in [0.25, 0.3) is 0 Å². The van der Waals surface area contributed by atoms with E-state index in [0.29, 0.717) is 35.5 Å². The number of para-hydroxylation sites is 1. The van der Waals surface area contributed by atoms with E-state index >= 15 is 0 Å². The largest absolute Gasteiger partial charge is 0.482 e. The molecule has 0 aliphatic carbocycles. The first-order chi connectivity index (χ1) is 14.3. The molecule has 158 valence electrons. The Morgan fingerprint density at radius 2 is 1.97 bits per heavy atom. The van der Waals surface area contributed by atoms with Crippen molar-refractivity contribution >= 4 is 33.2 Å². The maximum absolute atomic E-state index is 13.4. The van der Waals surface area contributed by atoms with Gasteiger partial charge in [0.05, 0.1) is 10.6 Å². The van der Waals surface area contributed by atoms with E-state index in [4.69, 9.17) is 4.74 Å². The highest BCUT2D eigenvalue weighted by atomic mass is 32.2. The van der Waals surface area contributed by atoms with E-state index < -0.39 is 16.1 Å². The minimum absolute atomic E-state index is 0.0768. The zero-order valence-corrected chi connectivity index (χ0v) is 17.6. The Balaban J connectivity index is 1.63. The standard InChI is InChI=1S/C21H23N3O5S/c1-13-6-3-4-7-15(13)23-21(26)17-8-5-9-24(17)30(27,28)19-11-18-16(10-14(19)2)22-20(25)12-29-18/h3-4,6-7,10-11,17H,5,8-9,12H2,1-2H3,(H,22,25)(H,23,26)/t17-/m1/s1. The molecule has 2 heterocycles.